The van der Waals surface area contributed by atoms with Gasteiger partial charge < -0.3 is 5.11 Å². The van der Waals surface area contributed by atoms with Gasteiger partial charge in [-0.3, -0.25) is 0 Å². The first kappa shape index (κ1) is 16.1. The van der Waals surface area contributed by atoms with Crippen LogP contribution in [0.3, 0.4) is 0 Å². The molecule has 0 aromatic heterocycles. The lowest BCUT2D eigenvalue weighted by atomic mass is 10.1. The fourth-order valence-corrected chi connectivity index (χ4v) is 4.26. The lowest BCUT2D eigenvalue weighted by molar-refractivity contribution is 0.195. The molecule has 8 heteroatoms. The van der Waals surface area contributed by atoms with Crippen LogP contribution < -0.4 is 0 Å². The van der Waals surface area contributed by atoms with E-state index < -0.39 is 41.4 Å². The molecule has 19 heavy (non-hydrogen) atoms. The predicted molar refractivity (Wildman–Crippen MR) is 68.0 cm³/mol. The molecular formula is C11H15FO5S2. The van der Waals surface area contributed by atoms with E-state index in [1.54, 1.807) is 0 Å². The molecule has 0 aliphatic heterocycles. The molecule has 0 spiro atoms. The Bertz CT molecular complexity index is 690. The Hall–Kier alpha value is -0.990. The van der Waals surface area contributed by atoms with Crippen molar-refractivity contribution in [3.05, 3.63) is 23.5 Å². The van der Waals surface area contributed by atoms with E-state index in [4.69, 9.17) is 0 Å². The monoisotopic (exact) mass is 310 g/mol. The molecule has 0 amide bonds. The van der Waals surface area contributed by atoms with E-state index in [9.17, 15) is 26.3 Å². The summed E-state index contributed by atoms with van der Waals surface area (Å²) in [5.41, 5.74) is 0.223. The zero-order chi connectivity index (χ0) is 15.0. The highest BCUT2D eigenvalue weighted by molar-refractivity contribution is 7.93. The fourth-order valence-electron chi connectivity index (χ4n) is 1.72. The zero-order valence-electron chi connectivity index (χ0n) is 10.7. The summed E-state index contributed by atoms with van der Waals surface area (Å²) in [7, 11) is -7.91. The number of sulfone groups is 2. The Labute approximate surface area is 111 Å². The van der Waals surface area contributed by atoms with Gasteiger partial charge in [0.2, 0.25) is 0 Å². The third-order valence-corrected chi connectivity index (χ3v) is 4.78. The Balaban J connectivity index is 3.68. The maximum atomic E-state index is 13.9. The second-order valence-corrected chi connectivity index (χ2v) is 8.44. The normalized spacial score (nSPS) is 14.4. The van der Waals surface area contributed by atoms with Crippen LogP contribution in [0, 0.1) is 5.82 Å². The summed E-state index contributed by atoms with van der Waals surface area (Å²) in [5.74, 6) is -1.12. The van der Waals surface area contributed by atoms with E-state index in [-0.39, 0.29) is 12.0 Å². The van der Waals surface area contributed by atoms with Gasteiger partial charge in [0, 0.05) is 12.5 Å². The average molecular weight is 310 g/mol. The highest BCUT2D eigenvalue weighted by atomic mass is 32.2. The van der Waals surface area contributed by atoms with Crippen molar-refractivity contribution in [3.63, 3.8) is 0 Å². The van der Waals surface area contributed by atoms with Crippen molar-refractivity contribution in [3.8, 4) is 0 Å². The van der Waals surface area contributed by atoms with E-state index in [2.05, 4.69) is 0 Å². The second-order valence-electron chi connectivity index (χ2n) is 4.50. The lowest BCUT2D eigenvalue weighted by Gasteiger charge is -2.11. The molecule has 0 radical (unpaired) electrons. The fraction of sp³-hybridized carbons (Fsp3) is 0.455. The minimum Gasteiger partial charge on any atom is -0.393 e. The van der Waals surface area contributed by atoms with Gasteiger partial charge >= 0.3 is 0 Å². The van der Waals surface area contributed by atoms with Crippen molar-refractivity contribution in [1.29, 1.82) is 0 Å². The molecule has 0 saturated heterocycles. The smallest absolute Gasteiger partial charge is 0.179 e. The summed E-state index contributed by atoms with van der Waals surface area (Å²) in [6, 6.07) is 2.01. The lowest BCUT2D eigenvalue weighted by Crippen LogP contribution is -2.13. The zero-order valence-corrected chi connectivity index (χ0v) is 12.3. The van der Waals surface area contributed by atoms with E-state index in [1.807, 2.05) is 0 Å². The van der Waals surface area contributed by atoms with Crippen molar-refractivity contribution >= 4 is 19.7 Å². The number of aliphatic hydroxyl groups is 1. The van der Waals surface area contributed by atoms with Crippen LogP contribution in [-0.4, -0.2) is 40.6 Å². The van der Waals surface area contributed by atoms with Gasteiger partial charge in [0.15, 0.2) is 19.7 Å². The van der Waals surface area contributed by atoms with Crippen LogP contribution >= 0.6 is 0 Å². The SMILES string of the molecule is CC(O)Cc1cc(F)c(S(C)(=O)=O)c(S(C)(=O)=O)c1. The Morgan fingerprint density at radius 2 is 1.68 bits per heavy atom. The average Bonchev–Trinajstić information content (AvgIpc) is 2.11. The molecule has 108 valence electrons. The highest BCUT2D eigenvalue weighted by Gasteiger charge is 2.26. The Morgan fingerprint density at radius 1 is 1.16 bits per heavy atom. The minimum atomic E-state index is -4.01. The number of halogens is 1. The van der Waals surface area contributed by atoms with Gasteiger partial charge in [0.1, 0.15) is 10.7 Å². The second kappa shape index (κ2) is 5.18. The number of rotatable bonds is 4. The first-order valence-electron chi connectivity index (χ1n) is 5.33. The molecular weight excluding hydrogens is 295 g/mol. The van der Waals surface area contributed by atoms with Crippen LogP contribution in [0.15, 0.2) is 21.9 Å². The van der Waals surface area contributed by atoms with Crippen LogP contribution in [0.2, 0.25) is 0 Å². The third kappa shape index (κ3) is 3.99. The number of hydrogen-bond acceptors (Lipinski definition) is 5. The van der Waals surface area contributed by atoms with Gasteiger partial charge in [0.25, 0.3) is 0 Å². The number of hydrogen-bond donors (Lipinski definition) is 1. The van der Waals surface area contributed by atoms with Crippen LogP contribution in [0.25, 0.3) is 0 Å². The van der Waals surface area contributed by atoms with Gasteiger partial charge in [-0.15, -0.1) is 0 Å². The summed E-state index contributed by atoms with van der Waals surface area (Å²) in [4.78, 5) is -1.41. The summed E-state index contributed by atoms with van der Waals surface area (Å²) in [6.07, 6.45) is 0.788. The number of aliphatic hydroxyl groups excluding tert-OH is 1. The van der Waals surface area contributed by atoms with Crippen LogP contribution in [-0.2, 0) is 26.1 Å². The molecule has 1 atom stereocenters. The van der Waals surface area contributed by atoms with Crippen LogP contribution in [0.5, 0.6) is 0 Å². The molecule has 1 rings (SSSR count). The molecule has 0 heterocycles. The van der Waals surface area contributed by atoms with E-state index in [0.717, 1.165) is 24.6 Å². The molecule has 5 nitrogen and oxygen atoms in total. The first-order chi connectivity index (χ1) is 8.43. The van der Waals surface area contributed by atoms with Crippen LogP contribution in [0.1, 0.15) is 12.5 Å². The highest BCUT2D eigenvalue weighted by Crippen LogP contribution is 2.26. The van der Waals surface area contributed by atoms with Gasteiger partial charge in [-0.1, -0.05) is 0 Å². The summed E-state index contributed by atoms with van der Waals surface area (Å²) < 4.78 is 60.1. The maximum absolute atomic E-state index is 13.9. The van der Waals surface area contributed by atoms with E-state index in [1.165, 1.54) is 6.92 Å². The van der Waals surface area contributed by atoms with Gasteiger partial charge in [-0.25, -0.2) is 21.2 Å². The molecule has 1 unspecified atom stereocenters. The Morgan fingerprint density at radius 3 is 2.05 bits per heavy atom. The van der Waals surface area contributed by atoms with Crippen molar-refractivity contribution in [2.24, 2.45) is 0 Å². The standard InChI is InChI=1S/C11H15FO5S2/c1-7(13)4-8-5-9(12)11(19(3,16)17)10(6-8)18(2,14)15/h5-7,13H,4H2,1-3H3. The van der Waals surface area contributed by atoms with Crippen molar-refractivity contribution in [2.45, 2.75) is 29.2 Å². The molecule has 0 bridgehead atoms. The molecule has 0 aliphatic carbocycles. The van der Waals surface area contributed by atoms with Gasteiger partial charge in [-0.05, 0) is 31.0 Å². The molecule has 0 aliphatic rings. The van der Waals surface area contributed by atoms with Gasteiger partial charge in [0.05, 0.1) is 11.0 Å². The predicted octanol–water partition coefficient (Wildman–Crippen LogP) is 0.556. The molecule has 0 fully saturated rings. The molecule has 1 N–H and O–H groups in total. The third-order valence-electron chi connectivity index (χ3n) is 2.37. The number of benzene rings is 1. The Kier molecular flexibility index (Phi) is 4.38. The molecule has 1 aromatic rings. The van der Waals surface area contributed by atoms with Crippen molar-refractivity contribution in [1.82, 2.24) is 0 Å². The maximum Gasteiger partial charge on any atom is 0.179 e. The minimum absolute atomic E-state index is 0.0312. The van der Waals surface area contributed by atoms with Crippen molar-refractivity contribution < 1.29 is 26.3 Å². The van der Waals surface area contributed by atoms with Crippen molar-refractivity contribution in [2.75, 3.05) is 12.5 Å². The van der Waals surface area contributed by atoms with E-state index >= 15 is 0 Å². The van der Waals surface area contributed by atoms with Crippen LogP contribution in [0.4, 0.5) is 4.39 Å². The topological polar surface area (TPSA) is 88.5 Å². The van der Waals surface area contributed by atoms with Gasteiger partial charge in [-0.2, -0.15) is 0 Å². The largest absolute Gasteiger partial charge is 0.393 e. The summed E-state index contributed by atoms with van der Waals surface area (Å²) in [5, 5.41) is 9.23. The quantitative estimate of drug-likeness (QED) is 0.877. The molecule has 0 saturated carbocycles. The van der Waals surface area contributed by atoms with E-state index in [0.29, 0.717) is 0 Å². The molecule has 1 aromatic carbocycles. The first-order valence-corrected chi connectivity index (χ1v) is 9.12. The summed E-state index contributed by atoms with van der Waals surface area (Å²) >= 11 is 0. The summed E-state index contributed by atoms with van der Waals surface area (Å²) in [6.45, 7) is 1.46.